The smallest absolute Gasteiger partial charge is 0.146 e. The molecule has 0 saturated carbocycles. The fourth-order valence-corrected chi connectivity index (χ4v) is 3.22. The van der Waals surface area contributed by atoms with E-state index in [0.717, 1.165) is 43.1 Å². The second-order valence-corrected chi connectivity index (χ2v) is 6.10. The molecule has 2 aromatic heterocycles. The van der Waals surface area contributed by atoms with Gasteiger partial charge in [0.2, 0.25) is 0 Å². The Morgan fingerprint density at radius 3 is 2.65 bits per heavy atom. The van der Waals surface area contributed by atoms with E-state index in [2.05, 4.69) is 20.9 Å². The first-order valence-corrected chi connectivity index (χ1v) is 7.87. The van der Waals surface area contributed by atoms with E-state index < -0.39 is 6.10 Å². The highest BCUT2D eigenvalue weighted by molar-refractivity contribution is 5.57. The van der Waals surface area contributed by atoms with E-state index in [4.69, 9.17) is 0 Å². The molecule has 0 radical (unpaired) electrons. The first kappa shape index (κ1) is 15.5. The zero-order valence-corrected chi connectivity index (χ0v) is 13.5. The molecular formula is C17H21N5O. The molecule has 3 heterocycles. The Hall–Kier alpha value is -2.39. The molecule has 23 heavy (non-hydrogen) atoms. The van der Waals surface area contributed by atoms with Crippen LogP contribution in [0.1, 0.15) is 35.9 Å². The first-order chi connectivity index (χ1) is 11.1. The topological polar surface area (TPSA) is 78.0 Å². The maximum atomic E-state index is 10.5. The molecule has 1 aliphatic rings. The van der Waals surface area contributed by atoms with Gasteiger partial charge < -0.3 is 14.6 Å². The van der Waals surface area contributed by atoms with Crippen molar-refractivity contribution >= 4 is 5.82 Å². The van der Waals surface area contributed by atoms with Crippen LogP contribution in [0.3, 0.4) is 0 Å². The van der Waals surface area contributed by atoms with E-state index in [1.54, 1.807) is 12.4 Å². The van der Waals surface area contributed by atoms with Crippen molar-refractivity contribution in [3.05, 3.63) is 41.6 Å². The van der Waals surface area contributed by atoms with Crippen molar-refractivity contribution in [1.82, 2.24) is 14.5 Å². The molecule has 3 rings (SSSR count). The number of nitrogens with zero attached hydrogens (tertiary/aromatic N) is 5. The van der Waals surface area contributed by atoms with Gasteiger partial charge in [0.25, 0.3) is 0 Å². The molecular weight excluding hydrogens is 290 g/mol. The number of nitriles is 1. The summed E-state index contributed by atoms with van der Waals surface area (Å²) in [5, 5.41) is 19.9. The zero-order chi connectivity index (χ0) is 16.4. The number of imidazole rings is 1. The number of aliphatic hydroxyl groups is 1. The molecule has 0 bridgehead atoms. The summed E-state index contributed by atoms with van der Waals surface area (Å²) >= 11 is 0. The van der Waals surface area contributed by atoms with E-state index in [9.17, 15) is 10.4 Å². The standard InChI is InChI=1S/C17H21N5O/c1-12-3-6-19-16(14(12)11-18)22-8-4-13(5-9-22)15(23)17-20-7-10-21(17)2/h3,6-7,10,13,15,23H,4-5,8-9H2,1-2H3/t15-/m0/s1. The van der Waals surface area contributed by atoms with Crippen LogP contribution in [0.15, 0.2) is 24.7 Å². The molecule has 120 valence electrons. The Balaban J connectivity index is 1.71. The molecule has 0 spiro atoms. The van der Waals surface area contributed by atoms with Gasteiger partial charge in [-0.05, 0) is 37.3 Å². The number of pyridine rings is 1. The summed E-state index contributed by atoms with van der Waals surface area (Å²) in [5.41, 5.74) is 1.60. The predicted molar refractivity (Wildman–Crippen MR) is 86.8 cm³/mol. The van der Waals surface area contributed by atoms with E-state index in [1.165, 1.54) is 0 Å². The molecule has 6 heteroatoms. The number of anilines is 1. The fraction of sp³-hybridized carbons (Fsp3) is 0.471. The second-order valence-electron chi connectivity index (χ2n) is 6.10. The van der Waals surface area contributed by atoms with Crippen molar-refractivity contribution in [3.8, 4) is 6.07 Å². The molecule has 1 aliphatic heterocycles. The van der Waals surface area contributed by atoms with Gasteiger partial charge in [-0.3, -0.25) is 0 Å². The summed E-state index contributed by atoms with van der Waals surface area (Å²) in [5.74, 6) is 1.66. The number of hydrogen-bond acceptors (Lipinski definition) is 5. The Bertz CT molecular complexity index is 725. The number of rotatable bonds is 3. The van der Waals surface area contributed by atoms with Gasteiger partial charge in [0.05, 0.1) is 5.56 Å². The minimum absolute atomic E-state index is 0.183. The fourth-order valence-electron chi connectivity index (χ4n) is 3.22. The van der Waals surface area contributed by atoms with Crippen LogP contribution < -0.4 is 4.90 Å². The lowest BCUT2D eigenvalue weighted by atomic mass is 9.90. The van der Waals surface area contributed by atoms with Gasteiger partial charge in [0, 0.05) is 38.7 Å². The molecule has 0 amide bonds. The van der Waals surface area contributed by atoms with Gasteiger partial charge in [-0.2, -0.15) is 5.26 Å². The third-order valence-corrected chi connectivity index (χ3v) is 4.66. The van der Waals surface area contributed by atoms with Crippen LogP contribution in [0, 0.1) is 24.2 Å². The molecule has 0 unspecified atom stereocenters. The highest BCUT2D eigenvalue weighted by Crippen LogP contribution is 2.32. The van der Waals surface area contributed by atoms with Crippen molar-refractivity contribution in [1.29, 1.82) is 5.26 Å². The minimum atomic E-state index is -0.543. The number of piperidine rings is 1. The zero-order valence-electron chi connectivity index (χ0n) is 13.5. The highest BCUT2D eigenvalue weighted by Gasteiger charge is 2.29. The molecule has 2 aromatic rings. The van der Waals surface area contributed by atoms with Gasteiger partial charge in [-0.25, -0.2) is 9.97 Å². The lowest BCUT2D eigenvalue weighted by Gasteiger charge is -2.35. The monoisotopic (exact) mass is 311 g/mol. The van der Waals surface area contributed by atoms with Crippen LogP contribution in [0.4, 0.5) is 5.82 Å². The summed E-state index contributed by atoms with van der Waals surface area (Å²) < 4.78 is 1.87. The van der Waals surface area contributed by atoms with Crippen LogP contribution in [0.2, 0.25) is 0 Å². The van der Waals surface area contributed by atoms with Crippen LogP contribution >= 0.6 is 0 Å². The lowest BCUT2D eigenvalue weighted by molar-refractivity contribution is 0.0824. The van der Waals surface area contributed by atoms with Crippen molar-refractivity contribution in [2.45, 2.75) is 25.9 Å². The minimum Gasteiger partial charge on any atom is -0.385 e. The lowest BCUT2D eigenvalue weighted by Crippen LogP contribution is -2.37. The third kappa shape index (κ3) is 2.92. The summed E-state index contributed by atoms with van der Waals surface area (Å²) in [6.07, 6.45) is 6.48. The van der Waals surface area contributed by atoms with Gasteiger partial charge in [0.15, 0.2) is 0 Å². The van der Waals surface area contributed by atoms with E-state index in [-0.39, 0.29) is 5.92 Å². The average Bonchev–Trinajstić information content (AvgIpc) is 3.00. The van der Waals surface area contributed by atoms with Crippen LogP contribution in [-0.4, -0.2) is 32.7 Å². The van der Waals surface area contributed by atoms with Crippen molar-refractivity contribution < 1.29 is 5.11 Å². The summed E-state index contributed by atoms with van der Waals surface area (Å²) in [4.78, 5) is 10.8. The van der Waals surface area contributed by atoms with Crippen molar-refractivity contribution in [3.63, 3.8) is 0 Å². The van der Waals surface area contributed by atoms with E-state index in [0.29, 0.717) is 5.56 Å². The van der Waals surface area contributed by atoms with Crippen molar-refractivity contribution in [2.75, 3.05) is 18.0 Å². The number of aromatic nitrogens is 3. The highest BCUT2D eigenvalue weighted by atomic mass is 16.3. The molecule has 6 nitrogen and oxygen atoms in total. The maximum absolute atomic E-state index is 10.5. The Labute approximate surface area is 136 Å². The third-order valence-electron chi connectivity index (χ3n) is 4.66. The molecule has 1 atom stereocenters. The number of aryl methyl sites for hydroxylation is 2. The van der Waals surface area contributed by atoms with Gasteiger partial charge >= 0.3 is 0 Å². The normalized spacial score (nSPS) is 17.0. The predicted octanol–water partition coefficient (Wildman–Crippen LogP) is 1.95. The van der Waals surface area contributed by atoms with Gasteiger partial charge in [-0.1, -0.05) is 0 Å². The molecule has 1 saturated heterocycles. The Morgan fingerprint density at radius 2 is 2.04 bits per heavy atom. The molecule has 1 fully saturated rings. The quantitative estimate of drug-likeness (QED) is 0.937. The summed E-state index contributed by atoms with van der Waals surface area (Å²) in [7, 11) is 1.90. The van der Waals surface area contributed by atoms with E-state index >= 15 is 0 Å². The number of hydrogen-bond donors (Lipinski definition) is 1. The molecule has 1 N–H and O–H groups in total. The molecule has 0 aromatic carbocycles. The van der Waals surface area contributed by atoms with Crippen LogP contribution in [0.5, 0.6) is 0 Å². The van der Waals surface area contributed by atoms with Crippen molar-refractivity contribution in [2.24, 2.45) is 13.0 Å². The second kappa shape index (κ2) is 6.39. The first-order valence-electron chi connectivity index (χ1n) is 7.87. The maximum Gasteiger partial charge on any atom is 0.146 e. The molecule has 0 aliphatic carbocycles. The van der Waals surface area contributed by atoms with Gasteiger partial charge in [-0.15, -0.1) is 0 Å². The average molecular weight is 311 g/mol. The van der Waals surface area contributed by atoms with Gasteiger partial charge in [0.1, 0.15) is 23.8 Å². The Kier molecular flexibility index (Phi) is 4.30. The van der Waals surface area contributed by atoms with E-state index in [1.807, 2.05) is 30.8 Å². The largest absolute Gasteiger partial charge is 0.385 e. The Morgan fingerprint density at radius 1 is 1.30 bits per heavy atom. The summed E-state index contributed by atoms with van der Waals surface area (Å²) in [6, 6.07) is 4.12. The number of aliphatic hydroxyl groups excluding tert-OH is 1. The summed E-state index contributed by atoms with van der Waals surface area (Å²) in [6.45, 7) is 3.51. The van der Waals surface area contributed by atoms with Crippen LogP contribution in [-0.2, 0) is 7.05 Å². The van der Waals surface area contributed by atoms with Crippen LogP contribution in [0.25, 0.3) is 0 Å². The SMILES string of the molecule is Cc1ccnc(N2CCC([C@H](O)c3nccn3C)CC2)c1C#N.